The molecule has 3 rings (SSSR count). The van der Waals surface area contributed by atoms with Gasteiger partial charge in [-0.25, -0.2) is 0 Å². The molecule has 0 heterocycles. The molecule has 0 spiro atoms. The predicted molar refractivity (Wildman–Crippen MR) is 134 cm³/mol. The smallest absolute Gasteiger partial charge is 0.0757 e. The van der Waals surface area contributed by atoms with Crippen molar-refractivity contribution in [3.05, 3.63) is 126 Å². The van der Waals surface area contributed by atoms with Crippen LogP contribution in [0.3, 0.4) is 0 Å². The maximum atomic E-state index is 3.89. The summed E-state index contributed by atoms with van der Waals surface area (Å²) in [6, 6.07) is 32.3. The zero-order valence-corrected chi connectivity index (χ0v) is 18.5. The highest BCUT2D eigenvalue weighted by Crippen LogP contribution is 2.40. The Kier molecular flexibility index (Phi) is 8.73. The lowest BCUT2D eigenvalue weighted by molar-refractivity contribution is 0.987. The van der Waals surface area contributed by atoms with E-state index < -0.39 is 0 Å². The number of thioether (sulfide) groups is 2. The van der Waals surface area contributed by atoms with Gasteiger partial charge in [0, 0.05) is 17.4 Å². The second-order valence-corrected chi connectivity index (χ2v) is 9.43. The number of hydrogen-bond donors (Lipinski definition) is 0. The zero-order chi connectivity index (χ0) is 20.3. The van der Waals surface area contributed by atoms with Gasteiger partial charge in [-0.05, 0) is 22.3 Å². The van der Waals surface area contributed by atoms with E-state index in [4.69, 9.17) is 0 Å². The van der Waals surface area contributed by atoms with Crippen molar-refractivity contribution < 1.29 is 0 Å². The Morgan fingerprint density at radius 2 is 1.28 bits per heavy atom. The molecule has 0 bridgehead atoms. The molecule has 0 radical (unpaired) electrons. The second-order valence-electron chi connectivity index (χ2n) is 6.86. The third kappa shape index (κ3) is 6.42. The summed E-state index contributed by atoms with van der Waals surface area (Å²) in [5.74, 6) is 2.29. The standard InChI is InChI=1S/C27H28S2/c1-3-20-28-27(25-17-11-6-12-18-25)29-21-19-26(24-15-9-5-10-16-24)22(2)23-13-7-4-8-14-23/h3-19,22,27H,1,20-21H2,2H3/b26-19-. The SMILES string of the molecule is C=CCSC(SC/C=C(\c1ccccc1)C(C)c1ccccc1)c1ccccc1. The Morgan fingerprint density at radius 3 is 1.86 bits per heavy atom. The Labute approximate surface area is 184 Å². The van der Waals surface area contributed by atoms with Crippen molar-refractivity contribution in [1.29, 1.82) is 0 Å². The minimum absolute atomic E-state index is 0.357. The average Bonchev–Trinajstić information content (AvgIpc) is 2.80. The van der Waals surface area contributed by atoms with Crippen LogP contribution < -0.4 is 0 Å². The molecule has 29 heavy (non-hydrogen) atoms. The van der Waals surface area contributed by atoms with Crippen LogP contribution >= 0.6 is 23.5 Å². The lowest BCUT2D eigenvalue weighted by Gasteiger charge is -2.19. The van der Waals surface area contributed by atoms with Gasteiger partial charge in [0.15, 0.2) is 0 Å². The molecule has 0 saturated carbocycles. The first-order chi connectivity index (χ1) is 14.3. The molecule has 148 valence electrons. The van der Waals surface area contributed by atoms with E-state index in [1.54, 1.807) is 0 Å². The maximum absolute atomic E-state index is 3.89. The van der Waals surface area contributed by atoms with Crippen molar-refractivity contribution in [3.8, 4) is 0 Å². The summed E-state index contributed by atoms with van der Waals surface area (Å²) in [4.78, 5) is 0. The van der Waals surface area contributed by atoms with Gasteiger partial charge < -0.3 is 0 Å². The second kappa shape index (κ2) is 11.7. The van der Waals surface area contributed by atoms with Crippen LogP contribution in [-0.4, -0.2) is 11.5 Å². The van der Waals surface area contributed by atoms with Crippen molar-refractivity contribution in [2.24, 2.45) is 0 Å². The van der Waals surface area contributed by atoms with E-state index in [1.165, 1.54) is 22.3 Å². The Morgan fingerprint density at radius 1 is 0.759 bits per heavy atom. The van der Waals surface area contributed by atoms with Gasteiger partial charge >= 0.3 is 0 Å². The summed E-state index contributed by atoms with van der Waals surface area (Å²) in [6.45, 7) is 6.19. The van der Waals surface area contributed by atoms with Gasteiger partial charge in [-0.3, -0.25) is 0 Å². The van der Waals surface area contributed by atoms with Crippen molar-refractivity contribution in [3.63, 3.8) is 0 Å². The first kappa shape index (κ1) is 21.5. The highest BCUT2D eigenvalue weighted by Gasteiger charge is 2.15. The highest BCUT2D eigenvalue weighted by molar-refractivity contribution is 8.16. The summed E-state index contributed by atoms with van der Waals surface area (Å²) < 4.78 is 0.412. The van der Waals surface area contributed by atoms with Gasteiger partial charge in [0.25, 0.3) is 0 Å². The summed E-state index contributed by atoms with van der Waals surface area (Å²) in [5, 5.41) is 0. The van der Waals surface area contributed by atoms with E-state index in [9.17, 15) is 0 Å². The third-order valence-corrected chi connectivity index (χ3v) is 7.61. The topological polar surface area (TPSA) is 0 Å². The number of allylic oxidation sites excluding steroid dienone is 1. The van der Waals surface area contributed by atoms with Crippen LogP contribution in [0.4, 0.5) is 0 Å². The molecule has 0 nitrogen and oxygen atoms in total. The molecule has 0 aliphatic carbocycles. The van der Waals surface area contributed by atoms with Crippen molar-refractivity contribution in [2.45, 2.75) is 17.4 Å². The fourth-order valence-corrected chi connectivity index (χ4v) is 5.64. The molecule has 0 amide bonds. The first-order valence-corrected chi connectivity index (χ1v) is 12.1. The van der Waals surface area contributed by atoms with Gasteiger partial charge in [0.1, 0.15) is 0 Å². The zero-order valence-electron chi connectivity index (χ0n) is 16.9. The fourth-order valence-electron chi connectivity index (χ4n) is 3.33. The van der Waals surface area contributed by atoms with E-state index in [0.29, 0.717) is 10.5 Å². The van der Waals surface area contributed by atoms with Crippen molar-refractivity contribution in [2.75, 3.05) is 11.5 Å². The van der Waals surface area contributed by atoms with Crippen LogP contribution in [0.5, 0.6) is 0 Å². The van der Waals surface area contributed by atoms with E-state index in [-0.39, 0.29) is 0 Å². The van der Waals surface area contributed by atoms with Crippen LogP contribution in [0.15, 0.2) is 110 Å². The molecule has 3 aromatic rings. The fraction of sp³-hybridized carbons (Fsp3) is 0.185. The normalized spacial score (nSPS) is 13.6. The monoisotopic (exact) mass is 416 g/mol. The molecule has 2 heteroatoms. The largest absolute Gasteiger partial charge is 0.139 e. The van der Waals surface area contributed by atoms with Crippen molar-refractivity contribution in [1.82, 2.24) is 0 Å². The molecule has 0 aliphatic heterocycles. The minimum Gasteiger partial charge on any atom is -0.139 e. The molecule has 3 aromatic carbocycles. The average molecular weight is 417 g/mol. The van der Waals surface area contributed by atoms with Gasteiger partial charge in [0.05, 0.1) is 4.58 Å². The quantitative estimate of drug-likeness (QED) is 0.241. The number of benzene rings is 3. The predicted octanol–water partition coefficient (Wildman–Crippen LogP) is 8.22. The van der Waals surface area contributed by atoms with Crippen LogP contribution in [0.1, 0.15) is 34.1 Å². The molecular weight excluding hydrogens is 388 g/mol. The third-order valence-electron chi connectivity index (χ3n) is 4.86. The van der Waals surface area contributed by atoms with Crippen molar-refractivity contribution >= 4 is 29.1 Å². The molecule has 0 saturated heterocycles. The Balaban J connectivity index is 1.81. The van der Waals surface area contributed by atoms with Crippen LogP contribution in [0.25, 0.3) is 5.57 Å². The lowest BCUT2D eigenvalue weighted by Crippen LogP contribution is -1.99. The summed E-state index contributed by atoms with van der Waals surface area (Å²) >= 11 is 3.93. The van der Waals surface area contributed by atoms with E-state index in [1.807, 2.05) is 29.6 Å². The van der Waals surface area contributed by atoms with Gasteiger partial charge in [-0.15, -0.1) is 30.1 Å². The van der Waals surface area contributed by atoms with Crippen LogP contribution in [0, 0.1) is 0 Å². The highest BCUT2D eigenvalue weighted by atomic mass is 32.2. The summed E-state index contributed by atoms with van der Waals surface area (Å²) in [7, 11) is 0. The van der Waals surface area contributed by atoms with Crippen LogP contribution in [-0.2, 0) is 0 Å². The maximum Gasteiger partial charge on any atom is 0.0757 e. The van der Waals surface area contributed by atoms with Crippen LogP contribution in [0.2, 0.25) is 0 Å². The summed E-state index contributed by atoms with van der Waals surface area (Å²) in [5.41, 5.74) is 5.42. The van der Waals surface area contributed by atoms with E-state index in [0.717, 1.165) is 11.5 Å². The lowest BCUT2D eigenvalue weighted by atomic mass is 9.88. The molecule has 2 atom stereocenters. The molecule has 0 aromatic heterocycles. The molecular formula is C27H28S2. The number of hydrogen-bond acceptors (Lipinski definition) is 2. The van der Waals surface area contributed by atoms with Gasteiger partial charge in [-0.2, -0.15) is 0 Å². The molecule has 2 unspecified atom stereocenters. The van der Waals surface area contributed by atoms with E-state index in [2.05, 4.69) is 111 Å². The number of rotatable bonds is 10. The minimum atomic E-state index is 0.357. The molecule has 0 fully saturated rings. The molecule has 0 aliphatic rings. The van der Waals surface area contributed by atoms with Gasteiger partial charge in [0.2, 0.25) is 0 Å². The molecule has 0 N–H and O–H groups in total. The van der Waals surface area contributed by atoms with Gasteiger partial charge in [-0.1, -0.05) is 110 Å². The summed E-state index contributed by atoms with van der Waals surface area (Å²) in [6.07, 6.45) is 4.41. The first-order valence-electron chi connectivity index (χ1n) is 9.99. The Bertz CT molecular complexity index is 886. The Hall–Kier alpha value is -2.16. The van der Waals surface area contributed by atoms with E-state index >= 15 is 0 Å².